The Bertz CT molecular complexity index is 870. The molecule has 1 nitrogen and oxygen atoms in total. The number of fused-ring (bicyclic) bond motifs is 2. The Kier molecular flexibility index (Phi) is 5.03. The number of hydrogen-bond donors (Lipinski definition) is 0. The van der Waals surface area contributed by atoms with E-state index in [2.05, 4.69) is 83.1 Å². The number of ether oxygens (including phenoxy) is 1. The number of rotatable bonds is 5. The highest BCUT2D eigenvalue weighted by Crippen LogP contribution is 2.37. The minimum absolute atomic E-state index is 0.132. The van der Waals surface area contributed by atoms with Crippen LogP contribution in [0.2, 0.25) is 0 Å². The fourth-order valence-corrected chi connectivity index (χ4v) is 3.44. The largest absolute Gasteiger partial charge is 0.492 e. The van der Waals surface area contributed by atoms with E-state index in [0.717, 1.165) is 12.4 Å². The van der Waals surface area contributed by atoms with Crippen molar-refractivity contribution in [3.8, 4) is 5.75 Å². The van der Waals surface area contributed by atoms with Gasteiger partial charge in [0.1, 0.15) is 5.75 Å². The summed E-state index contributed by atoms with van der Waals surface area (Å²) in [6.45, 7) is 12.1. The molecule has 3 rings (SSSR count). The zero-order valence-corrected chi connectivity index (χ0v) is 16.2. The maximum atomic E-state index is 6.41. The van der Waals surface area contributed by atoms with Crippen LogP contribution in [0.15, 0.2) is 48.5 Å². The van der Waals surface area contributed by atoms with Gasteiger partial charge in [0.05, 0.1) is 6.61 Å². The van der Waals surface area contributed by atoms with Crippen LogP contribution in [0, 0.1) is 5.92 Å². The van der Waals surface area contributed by atoms with Crippen molar-refractivity contribution in [3.63, 3.8) is 0 Å². The summed E-state index contributed by atoms with van der Waals surface area (Å²) in [5.41, 5.74) is 1.48. The van der Waals surface area contributed by atoms with Crippen LogP contribution >= 0.6 is 0 Å². The lowest BCUT2D eigenvalue weighted by Gasteiger charge is -2.21. The van der Waals surface area contributed by atoms with Gasteiger partial charge in [-0.3, -0.25) is 0 Å². The van der Waals surface area contributed by atoms with Gasteiger partial charge in [-0.15, -0.1) is 0 Å². The van der Waals surface area contributed by atoms with Crippen molar-refractivity contribution in [2.45, 2.75) is 52.9 Å². The van der Waals surface area contributed by atoms with Crippen LogP contribution in [-0.2, 0) is 5.41 Å². The Morgan fingerprint density at radius 3 is 2.36 bits per heavy atom. The average molecular weight is 335 g/mol. The maximum Gasteiger partial charge on any atom is 0.134 e. The second-order valence-corrected chi connectivity index (χ2v) is 8.32. The lowest BCUT2D eigenvalue weighted by molar-refractivity contribution is 0.256. The normalized spacial score (nSPS) is 13.3. The minimum atomic E-state index is 0.132. The molecule has 0 aliphatic carbocycles. The molecule has 25 heavy (non-hydrogen) atoms. The Morgan fingerprint density at radius 2 is 1.64 bits per heavy atom. The van der Waals surface area contributed by atoms with Crippen molar-refractivity contribution in [2.75, 3.05) is 6.61 Å². The van der Waals surface area contributed by atoms with Crippen molar-refractivity contribution < 1.29 is 4.74 Å². The van der Waals surface area contributed by atoms with Gasteiger partial charge in [-0.2, -0.15) is 0 Å². The minimum Gasteiger partial charge on any atom is -0.492 e. The lowest BCUT2D eigenvalue weighted by Crippen LogP contribution is -2.11. The quantitative estimate of drug-likeness (QED) is 0.452. The third-order valence-corrected chi connectivity index (χ3v) is 4.97. The molecular weight excluding hydrogens is 304 g/mol. The first kappa shape index (κ1) is 17.8. The predicted octanol–water partition coefficient (Wildman–Crippen LogP) is 7.11. The summed E-state index contributed by atoms with van der Waals surface area (Å²) in [5.74, 6) is 1.62. The molecule has 3 aromatic rings. The van der Waals surface area contributed by atoms with Gasteiger partial charge in [0, 0.05) is 10.8 Å². The van der Waals surface area contributed by atoms with Crippen molar-refractivity contribution in [2.24, 2.45) is 5.92 Å². The van der Waals surface area contributed by atoms with Crippen molar-refractivity contribution in [3.05, 3.63) is 54.1 Å². The highest BCUT2D eigenvalue weighted by atomic mass is 16.5. The smallest absolute Gasteiger partial charge is 0.134 e. The molecule has 0 heterocycles. The Hall–Kier alpha value is -2.02. The number of hydrogen-bond acceptors (Lipinski definition) is 1. The molecule has 0 aromatic heterocycles. The monoisotopic (exact) mass is 334 g/mol. The first-order valence-electron chi connectivity index (χ1n) is 9.49. The van der Waals surface area contributed by atoms with Crippen LogP contribution in [0.4, 0.5) is 0 Å². The van der Waals surface area contributed by atoms with Crippen LogP contribution in [0.1, 0.15) is 53.0 Å². The second kappa shape index (κ2) is 7.07. The maximum absolute atomic E-state index is 6.41. The van der Waals surface area contributed by atoms with Crippen LogP contribution in [0.3, 0.4) is 0 Å². The predicted molar refractivity (Wildman–Crippen MR) is 110 cm³/mol. The molecule has 132 valence electrons. The van der Waals surface area contributed by atoms with E-state index in [1.807, 2.05) is 0 Å². The molecule has 0 spiro atoms. The molecule has 0 N–H and O–H groups in total. The van der Waals surface area contributed by atoms with Gasteiger partial charge in [0.15, 0.2) is 0 Å². The SMILES string of the molecule is CCCC(C)COc1c2ccccc2cc2ccc(C(C)(C)C)cc12. The second-order valence-electron chi connectivity index (χ2n) is 8.32. The van der Waals surface area contributed by atoms with Crippen LogP contribution < -0.4 is 4.74 Å². The van der Waals surface area contributed by atoms with Crippen molar-refractivity contribution >= 4 is 21.5 Å². The van der Waals surface area contributed by atoms with Gasteiger partial charge >= 0.3 is 0 Å². The fourth-order valence-electron chi connectivity index (χ4n) is 3.44. The summed E-state index contributed by atoms with van der Waals surface area (Å²) >= 11 is 0. The Balaban J connectivity index is 2.15. The molecule has 0 saturated carbocycles. The molecule has 0 fully saturated rings. The molecular formula is C24H30O. The molecule has 0 aliphatic heterocycles. The van der Waals surface area contributed by atoms with Gasteiger partial charge in [-0.05, 0) is 46.2 Å². The van der Waals surface area contributed by atoms with E-state index < -0.39 is 0 Å². The van der Waals surface area contributed by atoms with Crippen LogP contribution in [0.25, 0.3) is 21.5 Å². The summed E-state index contributed by atoms with van der Waals surface area (Å²) in [6, 6.07) is 17.6. The molecule has 0 aliphatic rings. The zero-order valence-electron chi connectivity index (χ0n) is 16.2. The van der Waals surface area contributed by atoms with Crippen LogP contribution in [-0.4, -0.2) is 6.61 Å². The third kappa shape index (κ3) is 3.81. The first-order chi connectivity index (χ1) is 11.9. The van der Waals surface area contributed by atoms with Gasteiger partial charge in [0.2, 0.25) is 0 Å². The van der Waals surface area contributed by atoms with E-state index in [-0.39, 0.29) is 5.41 Å². The first-order valence-corrected chi connectivity index (χ1v) is 9.49. The Morgan fingerprint density at radius 1 is 0.920 bits per heavy atom. The van der Waals surface area contributed by atoms with Gasteiger partial charge in [-0.25, -0.2) is 0 Å². The average Bonchev–Trinajstić information content (AvgIpc) is 2.57. The molecule has 0 radical (unpaired) electrons. The van der Waals surface area contributed by atoms with E-state index in [0.29, 0.717) is 5.92 Å². The van der Waals surface area contributed by atoms with E-state index in [1.54, 1.807) is 0 Å². The molecule has 0 amide bonds. The third-order valence-electron chi connectivity index (χ3n) is 4.97. The molecule has 1 heteroatoms. The van der Waals surface area contributed by atoms with E-state index in [4.69, 9.17) is 4.74 Å². The van der Waals surface area contributed by atoms with Crippen LogP contribution in [0.5, 0.6) is 5.75 Å². The summed E-state index contributed by atoms with van der Waals surface area (Å²) in [5, 5.41) is 4.95. The highest BCUT2D eigenvalue weighted by Gasteiger charge is 2.17. The molecule has 3 aromatic carbocycles. The summed E-state index contributed by atoms with van der Waals surface area (Å²) in [6.07, 6.45) is 2.41. The topological polar surface area (TPSA) is 9.23 Å². The van der Waals surface area contributed by atoms with E-state index in [1.165, 1.54) is 39.9 Å². The summed E-state index contributed by atoms with van der Waals surface area (Å²) in [7, 11) is 0. The van der Waals surface area contributed by atoms with Gasteiger partial charge in [-0.1, -0.05) is 77.4 Å². The Labute approximate surface area is 152 Å². The van der Waals surface area contributed by atoms with Crippen molar-refractivity contribution in [1.82, 2.24) is 0 Å². The molecule has 1 unspecified atom stereocenters. The molecule has 0 bridgehead atoms. The summed E-state index contributed by atoms with van der Waals surface area (Å²) < 4.78 is 6.41. The zero-order chi connectivity index (χ0) is 18.0. The number of benzene rings is 3. The standard InChI is InChI=1S/C24H30O/c1-6-9-17(2)16-25-23-21-11-8-7-10-18(21)14-19-12-13-20(15-22(19)23)24(3,4)5/h7-8,10-15,17H,6,9,16H2,1-5H3. The highest BCUT2D eigenvalue weighted by molar-refractivity contribution is 6.05. The summed E-state index contributed by atoms with van der Waals surface area (Å²) in [4.78, 5) is 0. The van der Waals surface area contributed by atoms with E-state index in [9.17, 15) is 0 Å². The van der Waals surface area contributed by atoms with E-state index >= 15 is 0 Å². The van der Waals surface area contributed by atoms with Gasteiger partial charge < -0.3 is 4.74 Å². The van der Waals surface area contributed by atoms with Gasteiger partial charge in [0.25, 0.3) is 0 Å². The lowest BCUT2D eigenvalue weighted by atomic mass is 9.85. The fraction of sp³-hybridized carbons (Fsp3) is 0.417. The van der Waals surface area contributed by atoms with Crippen molar-refractivity contribution in [1.29, 1.82) is 0 Å². The molecule has 1 atom stereocenters. The molecule has 0 saturated heterocycles.